The number of aliphatic hydroxyl groups excluding tert-OH is 1. The second kappa shape index (κ2) is 9.70. The molecule has 0 fully saturated rings. The van der Waals surface area contributed by atoms with E-state index in [0.29, 0.717) is 27.5 Å². The van der Waals surface area contributed by atoms with Crippen LogP contribution in [-0.2, 0) is 0 Å². The minimum absolute atomic E-state index is 0.234. The van der Waals surface area contributed by atoms with Gasteiger partial charge in [-0.2, -0.15) is 5.10 Å². The van der Waals surface area contributed by atoms with E-state index in [2.05, 4.69) is 5.32 Å². The number of amides is 1. The molecule has 4 aromatic carbocycles. The fourth-order valence-electron chi connectivity index (χ4n) is 4.05. The minimum Gasteiger partial charge on any atom is -0.394 e. The molecular weight excluding hydrogens is 465 g/mol. The number of rotatable bonds is 6. The number of fused-ring (bicyclic) bond motifs is 1. The van der Waals surface area contributed by atoms with Crippen molar-refractivity contribution < 1.29 is 14.3 Å². The Kier molecular flexibility index (Phi) is 6.31. The van der Waals surface area contributed by atoms with Gasteiger partial charge in [0, 0.05) is 16.5 Å². The maximum Gasteiger partial charge on any atom is 0.251 e. The van der Waals surface area contributed by atoms with Gasteiger partial charge in [0.25, 0.3) is 5.91 Å². The number of nitrogens with one attached hydrogen (secondary N) is 1. The summed E-state index contributed by atoms with van der Waals surface area (Å²) in [5.74, 6) is -0.687. The van der Waals surface area contributed by atoms with Crippen LogP contribution in [0.3, 0.4) is 0 Å². The average Bonchev–Trinajstić information content (AvgIpc) is 3.27. The summed E-state index contributed by atoms with van der Waals surface area (Å²) in [7, 11) is 0. The lowest BCUT2D eigenvalue weighted by atomic mass is 10.0. The molecule has 0 bridgehead atoms. The number of benzene rings is 4. The van der Waals surface area contributed by atoms with Gasteiger partial charge >= 0.3 is 0 Å². The summed E-state index contributed by atoms with van der Waals surface area (Å²) >= 11 is 6.46. The number of carbonyl (C=O) groups is 1. The van der Waals surface area contributed by atoms with Crippen LogP contribution in [0, 0.1) is 5.82 Å². The first-order chi connectivity index (χ1) is 17.0. The molecule has 1 unspecified atom stereocenters. The number of nitrogens with zero attached hydrogens (tertiary/aromatic N) is 2. The first kappa shape index (κ1) is 22.8. The Bertz CT molecular complexity index is 1500. The van der Waals surface area contributed by atoms with Crippen LogP contribution in [0.5, 0.6) is 0 Å². The summed E-state index contributed by atoms with van der Waals surface area (Å²) in [5.41, 5.74) is 3.92. The predicted molar refractivity (Wildman–Crippen MR) is 135 cm³/mol. The van der Waals surface area contributed by atoms with Gasteiger partial charge in [0.15, 0.2) is 0 Å². The molecule has 5 aromatic rings. The van der Waals surface area contributed by atoms with Gasteiger partial charge < -0.3 is 10.4 Å². The highest BCUT2D eigenvalue weighted by atomic mass is 35.5. The average molecular weight is 486 g/mol. The van der Waals surface area contributed by atoms with Crippen LogP contribution in [-0.4, -0.2) is 27.4 Å². The fourth-order valence-corrected chi connectivity index (χ4v) is 4.27. The topological polar surface area (TPSA) is 67.2 Å². The summed E-state index contributed by atoms with van der Waals surface area (Å²) in [4.78, 5) is 13.1. The molecule has 174 valence electrons. The third-order valence-electron chi connectivity index (χ3n) is 5.83. The maximum absolute atomic E-state index is 13.6. The Morgan fingerprint density at radius 1 is 0.971 bits per heavy atom. The molecule has 7 heteroatoms. The monoisotopic (exact) mass is 485 g/mol. The van der Waals surface area contributed by atoms with Crippen LogP contribution in [0.15, 0.2) is 97.1 Å². The van der Waals surface area contributed by atoms with Crippen LogP contribution >= 0.6 is 11.6 Å². The van der Waals surface area contributed by atoms with E-state index < -0.39 is 6.04 Å². The smallest absolute Gasteiger partial charge is 0.251 e. The lowest BCUT2D eigenvalue weighted by Gasteiger charge is -2.17. The fraction of sp³-hybridized carbons (Fsp3) is 0.0714. The zero-order valence-corrected chi connectivity index (χ0v) is 19.3. The highest BCUT2D eigenvalue weighted by Gasteiger charge is 2.19. The van der Waals surface area contributed by atoms with E-state index in [1.165, 1.54) is 12.1 Å². The Balaban J connectivity index is 1.60. The third kappa shape index (κ3) is 4.54. The van der Waals surface area contributed by atoms with Gasteiger partial charge in [-0.25, -0.2) is 9.07 Å². The van der Waals surface area contributed by atoms with Gasteiger partial charge in [0.05, 0.1) is 28.9 Å². The van der Waals surface area contributed by atoms with Crippen molar-refractivity contribution in [2.75, 3.05) is 6.61 Å². The van der Waals surface area contributed by atoms with E-state index in [1.807, 2.05) is 54.6 Å². The molecule has 0 aliphatic rings. The molecule has 0 saturated heterocycles. The maximum atomic E-state index is 13.6. The molecule has 5 rings (SSSR count). The Hall–Kier alpha value is -4.00. The van der Waals surface area contributed by atoms with Crippen molar-refractivity contribution in [2.45, 2.75) is 6.04 Å². The van der Waals surface area contributed by atoms with Gasteiger partial charge in [0.1, 0.15) is 11.5 Å². The molecule has 1 heterocycles. The van der Waals surface area contributed by atoms with Gasteiger partial charge in [-0.3, -0.25) is 4.79 Å². The molecule has 2 N–H and O–H groups in total. The van der Waals surface area contributed by atoms with Crippen molar-refractivity contribution in [3.05, 3.63) is 119 Å². The standard InChI is InChI=1S/C28H21ClFN3O2/c29-24-9-5-4-8-22(24)27-23-15-10-19(28(35)31-25(17-34)18-6-2-1-3-7-18)16-26(23)33(32-27)21-13-11-20(30)12-14-21/h1-16,25,34H,17H2,(H,31,35). The van der Waals surface area contributed by atoms with Crippen LogP contribution in [0.2, 0.25) is 5.02 Å². The first-order valence-electron chi connectivity index (χ1n) is 11.1. The van der Waals surface area contributed by atoms with Gasteiger partial charge in [-0.1, -0.05) is 60.1 Å². The highest BCUT2D eigenvalue weighted by Crippen LogP contribution is 2.34. The van der Waals surface area contributed by atoms with E-state index >= 15 is 0 Å². The van der Waals surface area contributed by atoms with Crippen molar-refractivity contribution in [1.29, 1.82) is 0 Å². The van der Waals surface area contributed by atoms with Crippen LogP contribution < -0.4 is 5.32 Å². The van der Waals surface area contributed by atoms with E-state index in [4.69, 9.17) is 16.7 Å². The van der Waals surface area contributed by atoms with Crippen molar-refractivity contribution in [3.8, 4) is 16.9 Å². The van der Waals surface area contributed by atoms with Crippen LogP contribution in [0.4, 0.5) is 4.39 Å². The number of hydrogen-bond donors (Lipinski definition) is 2. The zero-order chi connectivity index (χ0) is 24.4. The third-order valence-corrected chi connectivity index (χ3v) is 6.16. The molecule has 0 aliphatic heterocycles. The van der Waals surface area contributed by atoms with Crippen molar-refractivity contribution in [1.82, 2.24) is 15.1 Å². The van der Waals surface area contributed by atoms with E-state index in [-0.39, 0.29) is 18.3 Å². The quantitative estimate of drug-likeness (QED) is 0.312. The van der Waals surface area contributed by atoms with Crippen LogP contribution in [0.1, 0.15) is 22.0 Å². The Morgan fingerprint density at radius 3 is 2.40 bits per heavy atom. The van der Waals surface area contributed by atoms with Crippen molar-refractivity contribution in [3.63, 3.8) is 0 Å². The minimum atomic E-state index is -0.542. The Morgan fingerprint density at radius 2 is 1.69 bits per heavy atom. The summed E-state index contributed by atoms with van der Waals surface area (Å²) in [6.45, 7) is -0.234. The molecule has 0 radical (unpaired) electrons. The number of aromatic nitrogens is 2. The van der Waals surface area contributed by atoms with Gasteiger partial charge in [-0.05, 0) is 54.1 Å². The lowest BCUT2D eigenvalue weighted by Crippen LogP contribution is -2.30. The number of aliphatic hydroxyl groups is 1. The van der Waals surface area contributed by atoms with E-state index in [1.54, 1.807) is 35.0 Å². The highest BCUT2D eigenvalue weighted by molar-refractivity contribution is 6.33. The van der Waals surface area contributed by atoms with Crippen LogP contribution in [0.25, 0.3) is 27.8 Å². The number of carbonyl (C=O) groups excluding carboxylic acids is 1. The molecule has 0 aliphatic carbocycles. The summed E-state index contributed by atoms with van der Waals surface area (Å²) in [6.07, 6.45) is 0. The largest absolute Gasteiger partial charge is 0.394 e. The second-order valence-corrected chi connectivity index (χ2v) is 8.48. The van der Waals surface area contributed by atoms with Crippen molar-refractivity contribution >= 4 is 28.4 Å². The Labute approximate surface area is 206 Å². The normalized spacial score (nSPS) is 12.0. The molecule has 35 heavy (non-hydrogen) atoms. The molecule has 5 nitrogen and oxygen atoms in total. The number of hydrogen-bond acceptors (Lipinski definition) is 3. The summed E-state index contributed by atoms with van der Waals surface area (Å²) < 4.78 is 15.3. The summed E-state index contributed by atoms with van der Waals surface area (Å²) in [6, 6.07) is 27.4. The lowest BCUT2D eigenvalue weighted by molar-refractivity contribution is 0.0916. The first-order valence-corrected chi connectivity index (χ1v) is 11.4. The zero-order valence-electron chi connectivity index (χ0n) is 18.5. The van der Waals surface area contributed by atoms with Crippen molar-refractivity contribution in [2.24, 2.45) is 0 Å². The second-order valence-electron chi connectivity index (χ2n) is 8.07. The predicted octanol–water partition coefficient (Wildman–Crippen LogP) is 5.95. The molecule has 1 aromatic heterocycles. The number of halogens is 2. The molecule has 0 saturated carbocycles. The molecule has 1 amide bonds. The van der Waals surface area contributed by atoms with E-state index in [0.717, 1.165) is 16.5 Å². The molecule has 0 spiro atoms. The molecule has 1 atom stereocenters. The van der Waals surface area contributed by atoms with Gasteiger partial charge in [0.2, 0.25) is 0 Å². The molecular formula is C28H21ClFN3O2. The SMILES string of the molecule is O=C(NC(CO)c1ccccc1)c1ccc2c(-c3ccccc3Cl)nn(-c3ccc(F)cc3)c2c1. The van der Waals surface area contributed by atoms with Gasteiger partial charge in [-0.15, -0.1) is 0 Å². The van der Waals surface area contributed by atoms with E-state index in [9.17, 15) is 14.3 Å². The summed E-state index contributed by atoms with van der Waals surface area (Å²) in [5, 5.41) is 18.9.